The minimum absolute atomic E-state index is 0.0789. The molecule has 4 rings (SSSR count). The molecule has 29 heavy (non-hydrogen) atoms. The smallest absolute Gasteiger partial charge is 0.264 e. The van der Waals surface area contributed by atoms with Gasteiger partial charge in [-0.1, -0.05) is 41.9 Å². The molecule has 0 fully saturated rings. The van der Waals surface area contributed by atoms with Gasteiger partial charge in [-0.05, 0) is 47.7 Å². The van der Waals surface area contributed by atoms with Crippen LogP contribution in [0.5, 0.6) is 0 Å². The number of benzene rings is 2. The second kappa shape index (κ2) is 8.59. The van der Waals surface area contributed by atoms with Gasteiger partial charge < -0.3 is 9.88 Å². The lowest BCUT2D eigenvalue weighted by molar-refractivity contribution is 0.0745. The number of H-pyrrole nitrogens is 1. The Morgan fingerprint density at radius 2 is 1.86 bits per heavy atom. The number of carbonyl (C=O) groups excluding carboxylic acids is 1. The molecule has 7 heteroatoms. The molecule has 0 atom stereocenters. The van der Waals surface area contributed by atoms with E-state index >= 15 is 0 Å². The largest absolute Gasteiger partial charge is 0.330 e. The molecule has 2 heterocycles. The zero-order valence-corrected chi connectivity index (χ0v) is 17.0. The highest BCUT2D eigenvalue weighted by Gasteiger charge is 2.18. The Bertz CT molecular complexity index is 1190. The van der Waals surface area contributed by atoms with Crippen molar-refractivity contribution in [2.45, 2.75) is 13.0 Å². The Morgan fingerprint density at radius 1 is 1.07 bits per heavy atom. The minimum Gasteiger partial charge on any atom is -0.330 e. The average Bonchev–Trinajstić information content (AvgIpc) is 3.27. The third kappa shape index (κ3) is 4.55. The zero-order chi connectivity index (χ0) is 20.2. The first kappa shape index (κ1) is 19.4. The van der Waals surface area contributed by atoms with E-state index in [1.807, 2.05) is 41.8 Å². The number of aromatic nitrogens is 2. The number of rotatable bonds is 6. The summed E-state index contributed by atoms with van der Waals surface area (Å²) in [5, 5.41) is 3.09. The molecule has 0 aliphatic heterocycles. The van der Waals surface area contributed by atoms with E-state index in [1.165, 1.54) is 11.3 Å². The Balaban J connectivity index is 1.60. The van der Waals surface area contributed by atoms with Gasteiger partial charge in [0.25, 0.3) is 11.5 Å². The van der Waals surface area contributed by atoms with Crippen molar-refractivity contribution < 1.29 is 4.79 Å². The van der Waals surface area contributed by atoms with E-state index in [0.717, 1.165) is 5.56 Å². The maximum absolute atomic E-state index is 13.0. The highest BCUT2D eigenvalue weighted by molar-refractivity contribution is 7.12. The molecule has 0 saturated carbocycles. The Hall–Kier alpha value is -2.96. The van der Waals surface area contributed by atoms with E-state index < -0.39 is 0 Å². The Kier molecular flexibility index (Phi) is 5.74. The number of thiophene rings is 1. The van der Waals surface area contributed by atoms with E-state index in [-0.39, 0.29) is 18.0 Å². The minimum atomic E-state index is -0.202. The number of hydrogen-bond acceptors (Lipinski definition) is 4. The second-order valence-corrected chi connectivity index (χ2v) is 7.99. The molecule has 0 aliphatic carbocycles. The van der Waals surface area contributed by atoms with Crippen LogP contribution in [0.3, 0.4) is 0 Å². The number of hydrogen-bond donors (Lipinski definition) is 1. The lowest BCUT2D eigenvalue weighted by Crippen LogP contribution is -2.33. The van der Waals surface area contributed by atoms with E-state index in [4.69, 9.17) is 11.6 Å². The van der Waals surface area contributed by atoms with Gasteiger partial charge in [-0.2, -0.15) is 0 Å². The number of nitrogens with one attached hydrogen (secondary N) is 1. The normalized spacial score (nSPS) is 10.9. The Labute approximate surface area is 176 Å². The predicted octanol–water partition coefficient (Wildman–Crippen LogP) is 4.52. The van der Waals surface area contributed by atoms with Gasteiger partial charge in [0.1, 0.15) is 5.82 Å². The summed E-state index contributed by atoms with van der Waals surface area (Å²) in [7, 11) is 0. The van der Waals surface area contributed by atoms with Crippen molar-refractivity contribution in [3.8, 4) is 0 Å². The van der Waals surface area contributed by atoms with Crippen molar-refractivity contribution in [3.63, 3.8) is 0 Å². The number of fused-ring (bicyclic) bond motifs is 1. The van der Waals surface area contributed by atoms with Gasteiger partial charge in [0.15, 0.2) is 0 Å². The van der Waals surface area contributed by atoms with Crippen LogP contribution in [-0.4, -0.2) is 27.3 Å². The molecule has 0 bridgehead atoms. The summed E-state index contributed by atoms with van der Waals surface area (Å²) in [6.07, 6.45) is 0.673. The van der Waals surface area contributed by atoms with Gasteiger partial charge in [0.2, 0.25) is 0 Å². The number of aromatic amines is 1. The van der Waals surface area contributed by atoms with Crippen LogP contribution in [0.2, 0.25) is 5.02 Å². The summed E-state index contributed by atoms with van der Waals surface area (Å²) in [5.41, 5.74) is 1.50. The number of carbonyl (C=O) groups is 1. The van der Waals surface area contributed by atoms with Gasteiger partial charge in [-0.15, -0.1) is 11.3 Å². The summed E-state index contributed by atoms with van der Waals surface area (Å²) >= 11 is 7.36. The van der Waals surface area contributed by atoms with Crippen molar-refractivity contribution in [1.29, 1.82) is 0 Å². The second-order valence-electron chi connectivity index (χ2n) is 6.61. The molecule has 4 aromatic rings. The monoisotopic (exact) mass is 423 g/mol. The lowest BCUT2D eigenvalue weighted by Gasteiger charge is -2.22. The maximum atomic E-state index is 13.0. The Morgan fingerprint density at radius 3 is 2.62 bits per heavy atom. The molecule has 1 N–H and O–H groups in total. The number of amides is 1. The summed E-state index contributed by atoms with van der Waals surface area (Å²) in [6, 6.07) is 18.4. The lowest BCUT2D eigenvalue weighted by atomic mass is 10.1. The average molecular weight is 424 g/mol. The molecule has 0 unspecified atom stereocenters. The predicted molar refractivity (Wildman–Crippen MR) is 117 cm³/mol. The van der Waals surface area contributed by atoms with E-state index in [2.05, 4.69) is 9.97 Å². The van der Waals surface area contributed by atoms with E-state index in [1.54, 1.807) is 29.2 Å². The molecular weight excluding hydrogens is 406 g/mol. The summed E-state index contributed by atoms with van der Waals surface area (Å²) in [6.45, 7) is 0.722. The fraction of sp³-hybridized carbons (Fsp3) is 0.136. The number of nitrogens with zero attached hydrogens (tertiary/aromatic N) is 2. The van der Waals surface area contributed by atoms with Gasteiger partial charge in [-0.25, -0.2) is 4.98 Å². The molecule has 0 saturated heterocycles. The van der Waals surface area contributed by atoms with Crippen LogP contribution < -0.4 is 5.56 Å². The van der Waals surface area contributed by atoms with Crippen LogP contribution in [0, 0.1) is 0 Å². The standard InChI is InChI=1S/C22H18ClN3O2S/c23-16-9-7-15(8-10-16)11-12-26(22(28)19-6-3-13-29-19)14-20-24-18-5-2-1-4-17(18)21(27)25-20/h1-10,13H,11-12,14H2,(H,24,25,27). The van der Waals surface area contributed by atoms with Crippen LogP contribution in [0.4, 0.5) is 0 Å². The van der Waals surface area contributed by atoms with E-state index in [0.29, 0.717) is 39.6 Å². The van der Waals surface area contributed by atoms with Crippen molar-refractivity contribution in [2.75, 3.05) is 6.54 Å². The fourth-order valence-electron chi connectivity index (χ4n) is 3.11. The molecule has 0 radical (unpaired) electrons. The van der Waals surface area contributed by atoms with Gasteiger partial charge in [0, 0.05) is 11.6 Å². The van der Waals surface area contributed by atoms with Crippen LogP contribution in [0.25, 0.3) is 10.9 Å². The van der Waals surface area contributed by atoms with Crippen LogP contribution in [0.15, 0.2) is 70.8 Å². The van der Waals surface area contributed by atoms with Crippen molar-refractivity contribution >= 4 is 39.7 Å². The molecule has 2 aromatic heterocycles. The highest BCUT2D eigenvalue weighted by Crippen LogP contribution is 2.16. The third-order valence-corrected chi connectivity index (χ3v) is 5.72. The third-order valence-electron chi connectivity index (χ3n) is 4.61. The number of halogens is 1. The first-order chi connectivity index (χ1) is 14.1. The molecule has 2 aromatic carbocycles. The van der Waals surface area contributed by atoms with Crippen molar-refractivity contribution in [1.82, 2.24) is 14.9 Å². The molecule has 0 aliphatic rings. The summed E-state index contributed by atoms with van der Waals surface area (Å²) in [5.74, 6) is 0.388. The molecular formula is C22H18ClN3O2S. The summed E-state index contributed by atoms with van der Waals surface area (Å²) < 4.78 is 0. The van der Waals surface area contributed by atoms with E-state index in [9.17, 15) is 9.59 Å². The highest BCUT2D eigenvalue weighted by atomic mass is 35.5. The van der Waals surface area contributed by atoms with Gasteiger partial charge in [-0.3, -0.25) is 9.59 Å². The SMILES string of the molecule is O=C(c1cccs1)N(CCc1ccc(Cl)cc1)Cc1nc2ccccc2c(=O)[nH]1. The first-order valence-electron chi connectivity index (χ1n) is 9.15. The molecule has 1 amide bonds. The quantitative estimate of drug-likeness (QED) is 0.495. The molecule has 5 nitrogen and oxygen atoms in total. The number of para-hydroxylation sites is 1. The first-order valence-corrected chi connectivity index (χ1v) is 10.4. The van der Waals surface area contributed by atoms with Gasteiger partial charge in [0.05, 0.1) is 22.3 Å². The molecule has 0 spiro atoms. The van der Waals surface area contributed by atoms with Crippen LogP contribution in [0.1, 0.15) is 21.1 Å². The topological polar surface area (TPSA) is 66.1 Å². The van der Waals surface area contributed by atoms with Crippen molar-refractivity contribution in [3.05, 3.63) is 97.7 Å². The zero-order valence-electron chi connectivity index (χ0n) is 15.5. The fourth-order valence-corrected chi connectivity index (χ4v) is 3.93. The van der Waals surface area contributed by atoms with Crippen LogP contribution in [-0.2, 0) is 13.0 Å². The van der Waals surface area contributed by atoms with Crippen molar-refractivity contribution in [2.24, 2.45) is 0 Å². The summed E-state index contributed by atoms with van der Waals surface area (Å²) in [4.78, 5) is 35.1. The van der Waals surface area contributed by atoms with Crippen LogP contribution >= 0.6 is 22.9 Å². The molecule has 146 valence electrons. The van der Waals surface area contributed by atoms with Gasteiger partial charge >= 0.3 is 0 Å². The maximum Gasteiger partial charge on any atom is 0.264 e.